The minimum atomic E-state index is 0. The van der Waals surface area contributed by atoms with Gasteiger partial charge in [0.05, 0.1) is 30.2 Å². The van der Waals surface area contributed by atoms with Crippen LogP contribution in [-0.4, -0.2) is 46.3 Å². The predicted molar refractivity (Wildman–Crippen MR) is 142 cm³/mol. The average Bonchev–Trinajstić information content (AvgIpc) is 3.35. The number of benzene rings is 1. The molecule has 0 spiro atoms. The van der Waals surface area contributed by atoms with Crippen LogP contribution in [0.3, 0.4) is 0 Å². The summed E-state index contributed by atoms with van der Waals surface area (Å²) in [6, 6.07) is 10.2. The number of aliphatic imine (C=N–C) groups is 1. The zero-order valence-corrected chi connectivity index (χ0v) is 22.8. The largest absolute Gasteiger partial charge is 0.375 e. The van der Waals surface area contributed by atoms with Crippen molar-refractivity contribution in [2.45, 2.75) is 46.9 Å². The fourth-order valence-corrected chi connectivity index (χ4v) is 4.19. The lowest BCUT2D eigenvalue weighted by Gasteiger charge is -2.21. The van der Waals surface area contributed by atoms with E-state index in [1.54, 1.807) is 18.4 Å². The Balaban J connectivity index is 0.00000363. The van der Waals surface area contributed by atoms with Gasteiger partial charge in [-0.1, -0.05) is 18.2 Å². The number of halogens is 1. The Hall–Kier alpha value is -1.98. The van der Waals surface area contributed by atoms with E-state index >= 15 is 0 Å². The summed E-state index contributed by atoms with van der Waals surface area (Å²) in [5.41, 5.74) is 5.34. The van der Waals surface area contributed by atoms with Gasteiger partial charge in [0, 0.05) is 37.3 Å². The second-order valence-corrected chi connectivity index (χ2v) is 8.37. The molecule has 0 amide bonds. The van der Waals surface area contributed by atoms with Gasteiger partial charge < -0.3 is 15.0 Å². The number of para-hydroxylation sites is 1. The number of nitrogens with zero attached hydrogens (tertiary/aromatic N) is 5. The number of rotatable bonds is 8. The highest BCUT2D eigenvalue weighted by molar-refractivity contribution is 14.0. The van der Waals surface area contributed by atoms with Crippen molar-refractivity contribution in [2.75, 3.05) is 20.7 Å². The van der Waals surface area contributed by atoms with E-state index in [0.717, 1.165) is 45.8 Å². The minimum absolute atomic E-state index is 0. The Morgan fingerprint density at radius 1 is 1.28 bits per heavy atom. The molecule has 0 aliphatic carbocycles. The molecule has 1 N–H and O–H groups in total. The monoisotopic (exact) mass is 568 g/mol. The van der Waals surface area contributed by atoms with E-state index in [0.29, 0.717) is 13.1 Å². The fraction of sp³-hybridized carbons (Fsp3) is 0.435. The molecule has 0 bridgehead atoms. The number of hydrogen-bond donors (Lipinski definition) is 1. The minimum Gasteiger partial charge on any atom is -0.375 e. The molecule has 0 radical (unpaired) electrons. The molecule has 0 aliphatic rings. The number of thiazole rings is 1. The van der Waals surface area contributed by atoms with Crippen molar-refractivity contribution >= 4 is 41.3 Å². The molecular weight excluding hydrogens is 535 g/mol. The Kier molecular flexibility index (Phi) is 10.1. The van der Waals surface area contributed by atoms with Crippen molar-refractivity contribution in [3.8, 4) is 5.69 Å². The summed E-state index contributed by atoms with van der Waals surface area (Å²) in [5, 5.41) is 11.2. The summed E-state index contributed by atoms with van der Waals surface area (Å²) in [5.74, 6) is 0.850. The van der Waals surface area contributed by atoms with E-state index < -0.39 is 0 Å². The van der Waals surface area contributed by atoms with E-state index in [-0.39, 0.29) is 30.1 Å². The molecule has 0 aliphatic heterocycles. The number of guanidine groups is 1. The molecule has 0 fully saturated rings. The maximum absolute atomic E-state index is 5.37. The van der Waals surface area contributed by atoms with Crippen molar-refractivity contribution < 1.29 is 4.74 Å². The van der Waals surface area contributed by atoms with E-state index in [1.807, 2.05) is 43.8 Å². The van der Waals surface area contributed by atoms with Crippen molar-refractivity contribution in [2.24, 2.45) is 4.99 Å². The number of hydrogen-bond acceptors (Lipinski definition) is 5. The number of ether oxygens (including phenoxy) is 1. The van der Waals surface area contributed by atoms with E-state index in [2.05, 4.69) is 41.6 Å². The Bertz CT molecular complexity index is 1020. The molecule has 3 aromatic rings. The molecule has 2 heterocycles. The summed E-state index contributed by atoms with van der Waals surface area (Å²) in [4.78, 5) is 11.7. The first-order valence-electron chi connectivity index (χ1n) is 10.5. The first-order chi connectivity index (χ1) is 14.9. The third-order valence-electron chi connectivity index (χ3n) is 5.20. The highest BCUT2D eigenvalue weighted by Crippen LogP contribution is 2.21. The molecule has 1 atom stereocenters. The molecule has 1 unspecified atom stereocenters. The number of nitrogens with one attached hydrogen (secondary N) is 1. The van der Waals surface area contributed by atoms with Crippen LogP contribution in [-0.2, 0) is 17.8 Å². The van der Waals surface area contributed by atoms with Crippen LogP contribution in [0, 0.1) is 13.8 Å². The van der Waals surface area contributed by atoms with Gasteiger partial charge in [0.15, 0.2) is 5.96 Å². The van der Waals surface area contributed by atoms with Gasteiger partial charge in [-0.15, -0.1) is 35.3 Å². The third-order valence-corrected chi connectivity index (χ3v) is 6.25. The third kappa shape index (κ3) is 6.29. The van der Waals surface area contributed by atoms with Crippen LogP contribution in [0.2, 0.25) is 0 Å². The maximum Gasteiger partial charge on any atom is 0.194 e. The number of aromatic nitrogens is 3. The summed E-state index contributed by atoms with van der Waals surface area (Å²) in [6.45, 7) is 10.3. The normalized spacial score (nSPS) is 12.4. The number of aryl methyl sites for hydroxylation is 1. The zero-order chi connectivity index (χ0) is 22.4. The summed E-state index contributed by atoms with van der Waals surface area (Å²) in [6.07, 6.45) is 0.0121. The highest BCUT2D eigenvalue weighted by atomic mass is 127. The van der Waals surface area contributed by atoms with Crippen LogP contribution in [0.5, 0.6) is 0 Å². The lowest BCUT2D eigenvalue weighted by molar-refractivity contribution is 0.119. The standard InChI is InChI=1S/C23H32N6OS.HI/c1-7-24-23(28(5)14-19-15-31-22(26-19)18(4)30-6)25-13-21-16(2)27-29(17(21)3)20-11-9-8-10-12-20;/h8-12,15,18H,7,13-14H2,1-6H3,(H,24,25);1H. The van der Waals surface area contributed by atoms with E-state index in [4.69, 9.17) is 19.8 Å². The SMILES string of the molecule is CCNC(=NCc1c(C)nn(-c2ccccc2)c1C)N(C)Cc1csc(C(C)OC)n1.I. The quantitative estimate of drug-likeness (QED) is 0.239. The van der Waals surface area contributed by atoms with Gasteiger partial charge in [0.25, 0.3) is 0 Å². The Morgan fingerprint density at radius 3 is 2.66 bits per heavy atom. The molecule has 32 heavy (non-hydrogen) atoms. The topological polar surface area (TPSA) is 67.6 Å². The van der Waals surface area contributed by atoms with Gasteiger partial charge in [-0.05, 0) is 39.8 Å². The Labute approximate surface area is 211 Å². The molecule has 174 valence electrons. The average molecular weight is 569 g/mol. The van der Waals surface area contributed by atoms with Crippen molar-refractivity contribution in [1.29, 1.82) is 0 Å². The molecular formula is C23H33IN6OS. The molecule has 3 rings (SSSR count). The van der Waals surface area contributed by atoms with Crippen LogP contribution in [0.25, 0.3) is 5.69 Å². The second-order valence-electron chi connectivity index (χ2n) is 7.48. The first kappa shape index (κ1) is 26.3. The molecule has 0 saturated heterocycles. The van der Waals surface area contributed by atoms with Gasteiger partial charge in [0.2, 0.25) is 0 Å². The molecule has 0 saturated carbocycles. The van der Waals surface area contributed by atoms with Gasteiger partial charge in [-0.2, -0.15) is 5.10 Å². The summed E-state index contributed by atoms with van der Waals surface area (Å²) < 4.78 is 7.37. The Morgan fingerprint density at radius 2 is 2.00 bits per heavy atom. The van der Waals surface area contributed by atoms with Crippen LogP contribution in [0.15, 0.2) is 40.7 Å². The van der Waals surface area contributed by atoms with Crippen LogP contribution >= 0.6 is 35.3 Å². The van der Waals surface area contributed by atoms with Crippen LogP contribution in [0.1, 0.15) is 47.6 Å². The molecule has 1 aromatic carbocycles. The van der Waals surface area contributed by atoms with Crippen molar-refractivity contribution in [1.82, 2.24) is 25.0 Å². The van der Waals surface area contributed by atoms with Crippen molar-refractivity contribution in [3.05, 3.63) is 63.4 Å². The van der Waals surface area contributed by atoms with Gasteiger partial charge >= 0.3 is 0 Å². The summed E-state index contributed by atoms with van der Waals surface area (Å²) >= 11 is 1.63. The molecule has 9 heteroatoms. The van der Waals surface area contributed by atoms with E-state index in [9.17, 15) is 0 Å². The molecule has 2 aromatic heterocycles. The van der Waals surface area contributed by atoms with Crippen LogP contribution in [0.4, 0.5) is 0 Å². The van der Waals surface area contributed by atoms with Gasteiger partial charge in [-0.3, -0.25) is 0 Å². The molecule has 7 nitrogen and oxygen atoms in total. The van der Waals surface area contributed by atoms with Crippen LogP contribution < -0.4 is 5.32 Å². The van der Waals surface area contributed by atoms with Crippen molar-refractivity contribution in [3.63, 3.8) is 0 Å². The summed E-state index contributed by atoms with van der Waals surface area (Å²) in [7, 11) is 3.74. The first-order valence-corrected chi connectivity index (χ1v) is 11.4. The fourth-order valence-electron chi connectivity index (χ4n) is 3.35. The zero-order valence-electron chi connectivity index (χ0n) is 19.6. The highest BCUT2D eigenvalue weighted by Gasteiger charge is 2.15. The second kappa shape index (κ2) is 12.3. The maximum atomic E-state index is 5.37. The van der Waals surface area contributed by atoms with E-state index in [1.165, 1.54) is 0 Å². The predicted octanol–water partition coefficient (Wildman–Crippen LogP) is 4.87. The smallest absolute Gasteiger partial charge is 0.194 e. The number of methoxy groups -OCH3 is 1. The lowest BCUT2D eigenvalue weighted by atomic mass is 10.2. The lowest BCUT2D eigenvalue weighted by Crippen LogP contribution is -2.38. The van der Waals surface area contributed by atoms with Gasteiger partial charge in [0.1, 0.15) is 11.1 Å². The van der Waals surface area contributed by atoms with Gasteiger partial charge in [-0.25, -0.2) is 14.7 Å².